The molecular weight excluding hydrogens is 220 g/mol. The second-order valence-corrected chi connectivity index (χ2v) is 3.56. The molecule has 0 amide bonds. The monoisotopic (exact) mass is 230 g/mol. The van der Waals surface area contributed by atoms with Gasteiger partial charge in [-0.05, 0) is 16.6 Å². The average molecular weight is 230 g/mol. The van der Waals surface area contributed by atoms with Crippen molar-refractivity contribution in [3.05, 3.63) is 63.8 Å². The van der Waals surface area contributed by atoms with Gasteiger partial charge >= 0.3 is 5.82 Å². The highest BCUT2D eigenvalue weighted by Crippen LogP contribution is 2.18. The Labute approximate surface area is 97.5 Å². The number of nitrogens with zero attached hydrogens (tertiary/aromatic N) is 2. The third-order valence-electron chi connectivity index (χ3n) is 2.48. The molecular formula is C12H10N2O3. The molecule has 1 heterocycles. The van der Waals surface area contributed by atoms with Crippen molar-refractivity contribution in [2.45, 2.75) is 6.54 Å². The Kier molecular flexibility index (Phi) is 3.00. The predicted octanol–water partition coefficient (Wildman–Crippen LogP) is 2.26. The van der Waals surface area contributed by atoms with E-state index in [0.717, 1.165) is 5.56 Å². The van der Waals surface area contributed by atoms with Gasteiger partial charge in [0.05, 0.1) is 0 Å². The minimum Gasteiger partial charge on any atom is -0.358 e. The van der Waals surface area contributed by atoms with E-state index in [9.17, 15) is 14.9 Å². The predicted molar refractivity (Wildman–Crippen MR) is 62.0 cm³/mol. The molecule has 0 spiro atoms. The van der Waals surface area contributed by atoms with E-state index in [1.54, 1.807) is 0 Å². The van der Waals surface area contributed by atoms with E-state index in [1.165, 1.54) is 16.7 Å². The minimum atomic E-state index is -0.490. The van der Waals surface area contributed by atoms with Gasteiger partial charge in [0.25, 0.3) is 0 Å². The lowest BCUT2D eigenvalue weighted by Gasteiger charge is -2.03. The Morgan fingerprint density at radius 1 is 1.18 bits per heavy atom. The van der Waals surface area contributed by atoms with Crippen LogP contribution in [0.3, 0.4) is 0 Å². The molecule has 0 N–H and O–H groups in total. The normalized spacial score (nSPS) is 10.1. The first-order valence-corrected chi connectivity index (χ1v) is 5.05. The van der Waals surface area contributed by atoms with Crippen molar-refractivity contribution in [1.82, 2.24) is 4.57 Å². The van der Waals surface area contributed by atoms with Crippen molar-refractivity contribution in [1.29, 1.82) is 0 Å². The molecule has 1 aromatic carbocycles. The van der Waals surface area contributed by atoms with E-state index in [4.69, 9.17) is 0 Å². The Morgan fingerprint density at radius 2 is 1.88 bits per heavy atom. The summed E-state index contributed by atoms with van der Waals surface area (Å²) in [6.45, 7) is 0.318. The zero-order valence-corrected chi connectivity index (χ0v) is 8.95. The van der Waals surface area contributed by atoms with Crippen LogP contribution in [0.4, 0.5) is 5.82 Å². The number of carbonyl (C=O) groups is 1. The summed E-state index contributed by atoms with van der Waals surface area (Å²) in [7, 11) is 0. The van der Waals surface area contributed by atoms with Crippen LogP contribution >= 0.6 is 0 Å². The number of aldehydes is 1. The van der Waals surface area contributed by atoms with Gasteiger partial charge in [0, 0.05) is 6.07 Å². The first-order chi connectivity index (χ1) is 8.22. The lowest BCUT2D eigenvalue weighted by molar-refractivity contribution is -0.392. The first kappa shape index (κ1) is 11.1. The third kappa shape index (κ3) is 2.23. The number of hydrogen-bond donors (Lipinski definition) is 0. The second kappa shape index (κ2) is 4.61. The highest BCUT2D eigenvalue weighted by molar-refractivity contribution is 5.73. The largest absolute Gasteiger partial charge is 0.358 e. The molecule has 0 radical (unpaired) electrons. The lowest BCUT2D eigenvalue weighted by Crippen LogP contribution is -2.07. The molecule has 5 nitrogen and oxygen atoms in total. The molecule has 0 saturated carbocycles. The zero-order chi connectivity index (χ0) is 12.3. The molecule has 0 atom stereocenters. The fourth-order valence-electron chi connectivity index (χ4n) is 1.67. The fraction of sp³-hybridized carbons (Fsp3) is 0.0833. The van der Waals surface area contributed by atoms with Crippen LogP contribution in [0.25, 0.3) is 0 Å². The van der Waals surface area contributed by atoms with Gasteiger partial charge in [-0.1, -0.05) is 30.3 Å². The quantitative estimate of drug-likeness (QED) is 0.459. The topological polar surface area (TPSA) is 65.1 Å². The Hall–Kier alpha value is -2.43. The maximum atomic E-state index is 10.8. The van der Waals surface area contributed by atoms with Crippen molar-refractivity contribution in [3.63, 3.8) is 0 Å². The summed E-state index contributed by atoms with van der Waals surface area (Å²) in [4.78, 5) is 21.1. The average Bonchev–Trinajstić information content (AvgIpc) is 2.73. The molecule has 0 saturated heterocycles. The number of aromatic nitrogens is 1. The van der Waals surface area contributed by atoms with Crippen molar-refractivity contribution >= 4 is 12.1 Å². The van der Waals surface area contributed by atoms with Crippen LogP contribution < -0.4 is 0 Å². The summed E-state index contributed by atoms with van der Waals surface area (Å²) >= 11 is 0. The first-order valence-electron chi connectivity index (χ1n) is 5.05. The minimum absolute atomic E-state index is 0.0732. The van der Waals surface area contributed by atoms with Gasteiger partial charge in [0.15, 0.2) is 12.0 Å². The molecule has 2 aromatic rings. The molecule has 17 heavy (non-hydrogen) atoms. The van der Waals surface area contributed by atoms with Gasteiger partial charge in [-0.15, -0.1) is 0 Å². The Balaban J connectivity index is 2.40. The summed E-state index contributed by atoms with van der Waals surface area (Å²) in [6.07, 6.45) is 0.621. The fourth-order valence-corrected chi connectivity index (χ4v) is 1.67. The SMILES string of the molecule is O=Cc1ccc([N+](=O)[O-])n1Cc1ccccc1. The number of carbonyl (C=O) groups excluding carboxylic acids is 1. The number of hydrogen-bond acceptors (Lipinski definition) is 3. The summed E-state index contributed by atoms with van der Waals surface area (Å²) in [5.41, 5.74) is 1.22. The second-order valence-electron chi connectivity index (χ2n) is 3.56. The molecule has 0 bridgehead atoms. The summed E-state index contributed by atoms with van der Waals surface area (Å²) in [6, 6.07) is 12.1. The van der Waals surface area contributed by atoms with E-state index in [0.29, 0.717) is 18.5 Å². The number of nitro groups is 1. The van der Waals surface area contributed by atoms with E-state index < -0.39 is 4.92 Å². The van der Waals surface area contributed by atoms with Gasteiger partial charge in [-0.25, -0.2) is 4.57 Å². The molecule has 0 aliphatic carbocycles. The highest BCUT2D eigenvalue weighted by atomic mass is 16.6. The maximum Gasteiger partial charge on any atom is 0.323 e. The van der Waals surface area contributed by atoms with E-state index in [-0.39, 0.29) is 5.82 Å². The van der Waals surface area contributed by atoms with Gasteiger partial charge in [-0.2, -0.15) is 0 Å². The van der Waals surface area contributed by atoms with Crippen LogP contribution in [0.1, 0.15) is 16.1 Å². The van der Waals surface area contributed by atoms with Gasteiger partial charge < -0.3 is 10.1 Å². The summed E-state index contributed by atoms with van der Waals surface area (Å²) in [5, 5.41) is 10.8. The third-order valence-corrected chi connectivity index (χ3v) is 2.48. The van der Waals surface area contributed by atoms with Crippen LogP contribution in [0.15, 0.2) is 42.5 Å². The van der Waals surface area contributed by atoms with Gasteiger partial charge in [0.2, 0.25) is 0 Å². The summed E-state index contributed by atoms with van der Waals surface area (Å²) in [5.74, 6) is -0.0732. The van der Waals surface area contributed by atoms with Crippen molar-refractivity contribution in [3.8, 4) is 0 Å². The van der Waals surface area contributed by atoms with Gasteiger partial charge in [-0.3, -0.25) is 4.79 Å². The van der Waals surface area contributed by atoms with E-state index >= 15 is 0 Å². The van der Waals surface area contributed by atoms with Crippen LogP contribution in [0.5, 0.6) is 0 Å². The zero-order valence-electron chi connectivity index (χ0n) is 8.95. The Bertz CT molecular complexity index is 546. The Morgan fingerprint density at radius 3 is 2.47 bits per heavy atom. The standard InChI is InChI=1S/C12H10N2O3/c15-9-11-6-7-12(14(16)17)13(11)8-10-4-2-1-3-5-10/h1-7,9H,8H2. The number of benzene rings is 1. The molecule has 86 valence electrons. The molecule has 0 aliphatic rings. The molecule has 0 aliphatic heterocycles. The molecule has 2 rings (SSSR count). The van der Waals surface area contributed by atoms with Crippen LogP contribution in [-0.2, 0) is 6.54 Å². The van der Waals surface area contributed by atoms with E-state index in [2.05, 4.69) is 0 Å². The van der Waals surface area contributed by atoms with Crippen LogP contribution in [0, 0.1) is 10.1 Å². The molecule has 0 fully saturated rings. The molecule has 0 unspecified atom stereocenters. The van der Waals surface area contributed by atoms with Crippen LogP contribution in [0.2, 0.25) is 0 Å². The van der Waals surface area contributed by atoms with Crippen molar-refractivity contribution in [2.75, 3.05) is 0 Å². The van der Waals surface area contributed by atoms with Gasteiger partial charge in [0.1, 0.15) is 6.54 Å². The van der Waals surface area contributed by atoms with E-state index in [1.807, 2.05) is 30.3 Å². The van der Waals surface area contributed by atoms with Crippen LogP contribution in [-0.4, -0.2) is 15.8 Å². The lowest BCUT2D eigenvalue weighted by atomic mass is 10.2. The summed E-state index contributed by atoms with van der Waals surface area (Å²) < 4.78 is 1.39. The molecule has 5 heteroatoms. The molecule has 1 aromatic heterocycles. The number of rotatable bonds is 4. The van der Waals surface area contributed by atoms with Crippen molar-refractivity contribution in [2.24, 2.45) is 0 Å². The van der Waals surface area contributed by atoms with Crippen molar-refractivity contribution < 1.29 is 9.72 Å². The highest BCUT2D eigenvalue weighted by Gasteiger charge is 2.17. The maximum absolute atomic E-state index is 10.8. The smallest absolute Gasteiger partial charge is 0.323 e.